The zero-order valence-corrected chi connectivity index (χ0v) is 7.05. The molecular weight excluding hydrogens is 173 g/mol. The van der Waals surface area contributed by atoms with Gasteiger partial charge in [0.05, 0.1) is 18.8 Å². The van der Waals surface area contributed by atoms with Gasteiger partial charge in [0, 0.05) is 6.42 Å². The molecule has 3 nitrogen and oxygen atoms in total. The van der Waals surface area contributed by atoms with E-state index in [0.29, 0.717) is 17.9 Å². The van der Waals surface area contributed by atoms with Crippen LogP contribution in [0.1, 0.15) is 11.1 Å². The van der Waals surface area contributed by atoms with Crippen LogP contribution in [-0.4, -0.2) is 6.61 Å². The van der Waals surface area contributed by atoms with Gasteiger partial charge in [0.2, 0.25) is 0 Å². The van der Waals surface area contributed by atoms with E-state index >= 15 is 0 Å². The molecule has 0 unspecified atom stereocenters. The molecule has 13 heavy (non-hydrogen) atoms. The molecule has 0 atom stereocenters. The molecule has 0 amide bonds. The summed E-state index contributed by atoms with van der Waals surface area (Å²) >= 11 is 0. The van der Waals surface area contributed by atoms with Crippen LogP contribution in [0.4, 0.5) is 4.39 Å². The predicted molar refractivity (Wildman–Crippen MR) is 44.6 cm³/mol. The average molecular weight is 183 g/mol. The monoisotopic (exact) mass is 183 g/mol. The first-order valence-electron chi connectivity index (χ1n) is 4.07. The quantitative estimate of drug-likeness (QED) is 0.699. The minimum Gasteiger partial charge on any atom is -0.492 e. The first kappa shape index (κ1) is 8.47. The van der Waals surface area contributed by atoms with Crippen LogP contribution in [0.25, 0.3) is 0 Å². The van der Waals surface area contributed by atoms with Crippen LogP contribution in [-0.2, 0) is 17.9 Å². The van der Waals surface area contributed by atoms with Gasteiger partial charge in [-0.15, -0.1) is 0 Å². The summed E-state index contributed by atoms with van der Waals surface area (Å²) < 4.78 is 18.5. The molecule has 0 saturated heterocycles. The summed E-state index contributed by atoms with van der Waals surface area (Å²) in [6.45, 7) is 0.658. The van der Waals surface area contributed by atoms with Crippen molar-refractivity contribution in [1.29, 1.82) is 0 Å². The Labute approximate surface area is 75.2 Å². The Bertz CT molecular complexity index is 328. The molecule has 1 aromatic carbocycles. The van der Waals surface area contributed by atoms with Gasteiger partial charge in [-0.3, -0.25) is 4.84 Å². The van der Waals surface area contributed by atoms with Crippen molar-refractivity contribution >= 4 is 0 Å². The first-order chi connectivity index (χ1) is 6.33. The van der Waals surface area contributed by atoms with E-state index in [4.69, 9.17) is 10.6 Å². The largest absolute Gasteiger partial charge is 0.492 e. The van der Waals surface area contributed by atoms with Crippen molar-refractivity contribution in [2.75, 3.05) is 6.61 Å². The lowest BCUT2D eigenvalue weighted by atomic mass is 10.1. The summed E-state index contributed by atoms with van der Waals surface area (Å²) in [7, 11) is 0. The topological polar surface area (TPSA) is 44.5 Å². The minimum atomic E-state index is -0.328. The Hall–Kier alpha value is -1.13. The molecular formula is C9H10FNO2. The number of ether oxygens (including phenoxy) is 1. The van der Waals surface area contributed by atoms with Crippen LogP contribution in [0.3, 0.4) is 0 Å². The third kappa shape index (κ3) is 1.38. The molecule has 0 fully saturated rings. The molecule has 1 aromatic rings. The number of benzene rings is 1. The Morgan fingerprint density at radius 1 is 1.54 bits per heavy atom. The van der Waals surface area contributed by atoms with E-state index in [0.717, 1.165) is 12.0 Å². The van der Waals surface area contributed by atoms with E-state index in [-0.39, 0.29) is 12.4 Å². The highest BCUT2D eigenvalue weighted by Crippen LogP contribution is 2.31. The maximum absolute atomic E-state index is 13.2. The molecule has 1 aliphatic rings. The zero-order valence-electron chi connectivity index (χ0n) is 7.05. The summed E-state index contributed by atoms with van der Waals surface area (Å²) in [4.78, 5) is 4.41. The lowest BCUT2D eigenvalue weighted by Crippen LogP contribution is -2.03. The number of hydrogen-bond acceptors (Lipinski definition) is 3. The van der Waals surface area contributed by atoms with E-state index in [1.54, 1.807) is 6.07 Å². The fraction of sp³-hybridized carbons (Fsp3) is 0.333. The molecule has 2 rings (SSSR count). The van der Waals surface area contributed by atoms with Crippen LogP contribution in [0.2, 0.25) is 0 Å². The van der Waals surface area contributed by atoms with Crippen LogP contribution in [0, 0.1) is 5.82 Å². The van der Waals surface area contributed by atoms with Gasteiger partial charge in [0.1, 0.15) is 11.6 Å². The third-order valence-electron chi connectivity index (χ3n) is 2.13. The first-order valence-corrected chi connectivity index (χ1v) is 4.07. The van der Waals surface area contributed by atoms with Gasteiger partial charge < -0.3 is 4.74 Å². The summed E-state index contributed by atoms with van der Waals surface area (Å²) in [6.07, 6.45) is 0.827. The number of rotatable bonds is 2. The summed E-state index contributed by atoms with van der Waals surface area (Å²) in [6, 6.07) is 3.15. The molecule has 0 spiro atoms. The Morgan fingerprint density at radius 3 is 3.15 bits per heavy atom. The predicted octanol–water partition coefficient (Wildman–Crippen LogP) is 1.15. The van der Waals surface area contributed by atoms with Gasteiger partial charge in [-0.25, -0.2) is 10.3 Å². The van der Waals surface area contributed by atoms with Crippen molar-refractivity contribution in [3.8, 4) is 5.75 Å². The zero-order chi connectivity index (χ0) is 9.26. The molecule has 0 radical (unpaired) electrons. The number of halogens is 1. The fourth-order valence-corrected chi connectivity index (χ4v) is 1.51. The highest BCUT2D eigenvalue weighted by atomic mass is 19.1. The van der Waals surface area contributed by atoms with Gasteiger partial charge in [0.15, 0.2) is 0 Å². The SMILES string of the molecule is NOCc1c(F)ccc2c1OCC2. The lowest BCUT2D eigenvalue weighted by Gasteiger charge is -2.07. The van der Waals surface area contributed by atoms with E-state index in [1.807, 2.05) is 0 Å². The van der Waals surface area contributed by atoms with Gasteiger partial charge in [0.25, 0.3) is 0 Å². The van der Waals surface area contributed by atoms with Gasteiger partial charge in [-0.2, -0.15) is 0 Å². The Kier molecular flexibility index (Phi) is 2.16. The molecule has 70 valence electrons. The second-order valence-electron chi connectivity index (χ2n) is 2.92. The van der Waals surface area contributed by atoms with Crippen LogP contribution < -0.4 is 10.6 Å². The maximum atomic E-state index is 13.2. The van der Waals surface area contributed by atoms with Crippen molar-refractivity contribution in [3.05, 3.63) is 29.1 Å². The molecule has 1 heterocycles. The van der Waals surface area contributed by atoms with E-state index in [2.05, 4.69) is 4.84 Å². The van der Waals surface area contributed by atoms with Crippen LogP contribution in [0.15, 0.2) is 12.1 Å². The maximum Gasteiger partial charge on any atom is 0.132 e. The minimum absolute atomic E-state index is 0.0506. The second-order valence-corrected chi connectivity index (χ2v) is 2.92. The molecule has 0 bridgehead atoms. The second kappa shape index (κ2) is 3.32. The summed E-state index contributed by atoms with van der Waals surface area (Å²) in [5.41, 5.74) is 1.44. The third-order valence-corrected chi connectivity index (χ3v) is 2.13. The summed E-state index contributed by atoms with van der Waals surface area (Å²) in [5.74, 6) is 5.18. The van der Waals surface area contributed by atoms with Crippen molar-refractivity contribution in [1.82, 2.24) is 0 Å². The standard InChI is InChI=1S/C9H10FNO2/c10-8-2-1-6-3-4-12-9(6)7(8)5-13-11/h1-2H,3-5,11H2. The average Bonchev–Trinajstić information content (AvgIpc) is 2.58. The number of hydrogen-bond donors (Lipinski definition) is 1. The Balaban J connectivity index is 2.45. The van der Waals surface area contributed by atoms with Crippen molar-refractivity contribution in [2.45, 2.75) is 13.0 Å². The normalized spacial score (nSPS) is 14.0. The van der Waals surface area contributed by atoms with Crippen LogP contribution >= 0.6 is 0 Å². The Morgan fingerprint density at radius 2 is 2.38 bits per heavy atom. The van der Waals surface area contributed by atoms with Crippen LogP contribution in [0.5, 0.6) is 5.75 Å². The summed E-state index contributed by atoms with van der Waals surface area (Å²) in [5, 5.41) is 0. The van der Waals surface area contributed by atoms with Gasteiger partial charge in [-0.05, 0) is 11.6 Å². The molecule has 0 aromatic heterocycles. The van der Waals surface area contributed by atoms with E-state index in [9.17, 15) is 4.39 Å². The molecule has 0 saturated carbocycles. The molecule has 0 aliphatic carbocycles. The lowest BCUT2D eigenvalue weighted by molar-refractivity contribution is 0.119. The van der Waals surface area contributed by atoms with E-state index in [1.165, 1.54) is 6.07 Å². The highest BCUT2D eigenvalue weighted by Gasteiger charge is 2.19. The molecule has 4 heteroatoms. The van der Waals surface area contributed by atoms with Gasteiger partial charge >= 0.3 is 0 Å². The van der Waals surface area contributed by atoms with Crippen molar-refractivity contribution in [3.63, 3.8) is 0 Å². The highest BCUT2D eigenvalue weighted by molar-refractivity contribution is 5.44. The van der Waals surface area contributed by atoms with E-state index < -0.39 is 0 Å². The molecule has 1 aliphatic heterocycles. The van der Waals surface area contributed by atoms with Gasteiger partial charge in [-0.1, -0.05) is 6.07 Å². The van der Waals surface area contributed by atoms with Crippen molar-refractivity contribution in [2.24, 2.45) is 5.90 Å². The molecule has 2 N–H and O–H groups in total. The number of fused-ring (bicyclic) bond motifs is 1. The van der Waals surface area contributed by atoms with Crippen molar-refractivity contribution < 1.29 is 14.0 Å². The fourth-order valence-electron chi connectivity index (χ4n) is 1.51. The smallest absolute Gasteiger partial charge is 0.132 e. The number of nitrogens with two attached hydrogens (primary N) is 1.